The minimum absolute atomic E-state index is 0.270. The molecule has 4 nitrogen and oxygen atoms in total. The number of benzene rings is 1. The van der Waals surface area contributed by atoms with Crippen LogP contribution in [0.5, 0.6) is 0 Å². The minimum Gasteiger partial charge on any atom is -0.480 e. The standard InChI is InChI=1S/C13H16O4/c1-2-3-9-17-13(16)11(12(14)15)10-7-5-4-6-8-10/h4-8,11H,2-3,9H2,1H3,(H,14,15)/t11-/m1/s1. The third-order valence-electron chi connectivity index (χ3n) is 2.36. The molecule has 0 bridgehead atoms. The summed E-state index contributed by atoms with van der Waals surface area (Å²) in [4.78, 5) is 22.7. The SMILES string of the molecule is CCCCOC(=O)[C@@H](C(=O)O)c1ccccc1. The van der Waals surface area contributed by atoms with E-state index in [1.165, 1.54) is 0 Å². The number of esters is 1. The molecule has 0 spiro atoms. The summed E-state index contributed by atoms with van der Waals surface area (Å²) >= 11 is 0. The van der Waals surface area contributed by atoms with Crippen LogP contribution in [-0.2, 0) is 14.3 Å². The molecule has 0 saturated carbocycles. The van der Waals surface area contributed by atoms with E-state index in [2.05, 4.69) is 0 Å². The maximum Gasteiger partial charge on any atom is 0.324 e. The largest absolute Gasteiger partial charge is 0.480 e. The molecule has 92 valence electrons. The Balaban J connectivity index is 2.73. The second-order valence-corrected chi connectivity index (χ2v) is 3.70. The number of aliphatic carboxylic acids is 1. The van der Waals surface area contributed by atoms with Crippen LogP contribution in [0.3, 0.4) is 0 Å². The fraction of sp³-hybridized carbons (Fsp3) is 0.385. The molecule has 0 aliphatic carbocycles. The van der Waals surface area contributed by atoms with Crippen LogP contribution in [0.1, 0.15) is 31.2 Å². The topological polar surface area (TPSA) is 63.6 Å². The van der Waals surface area contributed by atoms with Crippen molar-refractivity contribution in [3.63, 3.8) is 0 Å². The van der Waals surface area contributed by atoms with Crippen LogP contribution in [0.25, 0.3) is 0 Å². The molecule has 0 radical (unpaired) electrons. The first-order chi connectivity index (χ1) is 8.16. The molecule has 0 aliphatic rings. The van der Waals surface area contributed by atoms with E-state index in [1.54, 1.807) is 30.3 Å². The lowest BCUT2D eigenvalue weighted by Gasteiger charge is -2.12. The molecule has 0 amide bonds. The van der Waals surface area contributed by atoms with Crippen LogP contribution < -0.4 is 0 Å². The average Bonchev–Trinajstić information content (AvgIpc) is 2.30. The Bertz CT molecular complexity index is 372. The van der Waals surface area contributed by atoms with E-state index in [0.717, 1.165) is 12.8 Å². The van der Waals surface area contributed by atoms with Gasteiger partial charge >= 0.3 is 11.9 Å². The maximum absolute atomic E-state index is 11.7. The van der Waals surface area contributed by atoms with E-state index in [0.29, 0.717) is 5.56 Å². The van der Waals surface area contributed by atoms with Gasteiger partial charge in [0.15, 0.2) is 5.92 Å². The Morgan fingerprint density at radius 2 is 1.94 bits per heavy atom. The fourth-order valence-corrected chi connectivity index (χ4v) is 1.43. The molecule has 1 N–H and O–H groups in total. The van der Waals surface area contributed by atoms with Gasteiger partial charge in [0.2, 0.25) is 0 Å². The zero-order valence-corrected chi connectivity index (χ0v) is 9.76. The van der Waals surface area contributed by atoms with Crippen molar-refractivity contribution in [2.45, 2.75) is 25.7 Å². The van der Waals surface area contributed by atoms with Crippen molar-refractivity contribution in [3.8, 4) is 0 Å². The minimum atomic E-state index is -1.23. The highest BCUT2D eigenvalue weighted by Crippen LogP contribution is 2.17. The molecule has 4 heteroatoms. The number of rotatable bonds is 6. The fourth-order valence-electron chi connectivity index (χ4n) is 1.43. The van der Waals surface area contributed by atoms with Crippen molar-refractivity contribution in [2.24, 2.45) is 0 Å². The van der Waals surface area contributed by atoms with E-state index in [9.17, 15) is 9.59 Å². The van der Waals surface area contributed by atoms with Crippen molar-refractivity contribution in [3.05, 3.63) is 35.9 Å². The van der Waals surface area contributed by atoms with Gasteiger partial charge in [0.05, 0.1) is 6.61 Å². The van der Waals surface area contributed by atoms with Crippen molar-refractivity contribution >= 4 is 11.9 Å². The van der Waals surface area contributed by atoms with Gasteiger partial charge in [-0.15, -0.1) is 0 Å². The monoisotopic (exact) mass is 236 g/mol. The van der Waals surface area contributed by atoms with Gasteiger partial charge in [0, 0.05) is 0 Å². The van der Waals surface area contributed by atoms with Gasteiger partial charge in [-0.25, -0.2) is 0 Å². The summed E-state index contributed by atoms with van der Waals surface area (Å²) in [5.74, 6) is -3.11. The highest BCUT2D eigenvalue weighted by atomic mass is 16.5. The van der Waals surface area contributed by atoms with Crippen molar-refractivity contribution in [1.82, 2.24) is 0 Å². The number of hydrogen-bond acceptors (Lipinski definition) is 3. The van der Waals surface area contributed by atoms with E-state index in [4.69, 9.17) is 9.84 Å². The Labute approximate surface area is 100 Å². The molecule has 17 heavy (non-hydrogen) atoms. The molecular formula is C13H16O4. The summed E-state index contributed by atoms with van der Waals surface area (Å²) in [5, 5.41) is 9.05. The number of carbonyl (C=O) groups excluding carboxylic acids is 1. The number of carboxylic acids is 1. The third-order valence-corrected chi connectivity index (χ3v) is 2.36. The molecule has 0 unspecified atom stereocenters. The van der Waals surface area contributed by atoms with Crippen LogP contribution in [0, 0.1) is 0 Å². The van der Waals surface area contributed by atoms with Gasteiger partial charge in [-0.2, -0.15) is 0 Å². The zero-order chi connectivity index (χ0) is 12.7. The number of carbonyl (C=O) groups is 2. The van der Waals surface area contributed by atoms with Gasteiger partial charge in [0.1, 0.15) is 0 Å². The Kier molecular flexibility index (Phi) is 5.20. The summed E-state index contributed by atoms with van der Waals surface area (Å²) in [7, 11) is 0. The predicted octanol–water partition coefficient (Wildman–Crippen LogP) is 2.20. The predicted molar refractivity (Wildman–Crippen MR) is 62.7 cm³/mol. The summed E-state index contributed by atoms with van der Waals surface area (Å²) < 4.78 is 4.94. The van der Waals surface area contributed by atoms with Crippen LogP contribution in [0.2, 0.25) is 0 Å². The lowest BCUT2D eigenvalue weighted by molar-refractivity contribution is -0.154. The van der Waals surface area contributed by atoms with Gasteiger partial charge in [0.25, 0.3) is 0 Å². The van der Waals surface area contributed by atoms with Gasteiger partial charge in [-0.1, -0.05) is 43.7 Å². The molecule has 0 aromatic heterocycles. The molecule has 0 heterocycles. The van der Waals surface area contributed by atoms with E-state index in [1.807, 2.05) is 6.92 Å². The van der Waals surface area contributed by atoms with Gasteiger partial charge in [-0.3, -0.25) is 9.59 Å². The lowest BCUT2D eigenvalue weighted by atomic mass is 10.00. The van der Waals surface area contributed by atoms with Crippen molar-refractivity contribution in [2.75, 3.05) is 6.61 Å². The lowest BCUT2D eigenvalue weighted by Crippen LogP contribution is -2.24. The second kappa shape index (κ2) is 6.68. The van der Waals surface area contributed by atoms with Crippen molar-refractivity contribution in [1.29, 1.82) is 0 Å². The quantitative estimate of drug-likeness (QED) is 0.467. The molecule has 1 rings (SSSR count). The molecule has 1 aromatic carbocycles. The summed E-state index contributed by atoms with van der Waals surface area (Å²) in [6.45, 7) is 2.24. The Morgan fingerprint density at radius 1 is 1.29 bits per heavy atom. The highest BCUT2D eigenvalue weighted by molar-refractivity contribution is 5.99. The van der Waals surface area contributed by atoms with E-state index >= 15 is 0 Å². The third kappa shape index (κ3) is 3.90. The molecule has 0 aliphatic heterocycles. The first-order valence-corrected chi connectivity index (χ1v) is 5.61. The van der Waals surface area contributed by atoms with Crippen LogP contribution in [0.4, 0.5) is 0 Å². The summed E-state index contributed by atoms with van der Waals surface area (Å²) in [6, 6.07) is 8.39. The molecule has 1 aromatic rings. The van der Waals surface area contributed by atoms with E-state index < -0.39 is 17.9 Å². The average molecular weight is 236 g/mol. The first kappa shape index (κ1) is 13.2. The highest BCUT2D eigenvalue weighted by Gasteiger charge is 2.29. The second-order valence-electron chi connectivity index (χ2n) is 3.70. The maximum atomic E-state index is 11.7. The first-order valence-electron chi connectivity index (χ1n) is 5.61. The van der Waals surface area contributed by atoms with Gasteiger partial charge in [-0.05, 0) is 12.0 Å². The number of hydrogen-bond donors (Lipinski definition) is 1. The smallest absolute Gasteiger partial charge is 0.324 e. The number of ether oxygens (including phenoxy) is 1. The molecular weight excluding hydrogens is 220 g/mol. The number of unbranched alkanes of at least 4 members (excludes halogenated alkanes) is 1. The summed E-state index contributed by atoms with van der Waals surface area (Å²) in [6.07, 6.45) is 1.64. The van der Waals surface area contributed by atoms with Crippen LogP contribution in [0.15, 0.2) is 30.3 Å². The number of carboxylic acid groups (broad SMARTS) is 1. The zero-order valence-electron chi connectivity index (χ0n) is 9.76. The van der Waals surface area contributed by atoms with Gasteiger partial charge < -0.3 is 9.84 Å². The normalized spacial score (nSPS) is 11.8. The Morgan fingerprint density at radius 3 is 2.47 bits per heavy atom. The van der Waals surface area contributed by atoms with Crippen LogP contribution >= 0.6 is 0 Å². The van der Waals surface area contributed by atoms with Crippen molar-refractivity contribution < 1.29 is 19.4 Å². The van der Waals surface area contributed by atoms with Crippen LogP contribution in [-0.4, -0.2) is 23.7 Å². The Hall–Kier alpha value is -1.84. The molecule has 0 fully saturated rings. The molecule has 1 atom stereocenters. The summed E-state index contributed by atoms with van der Waals surface area (Å²) in [5.41, 5.74) is 0.446. The van der Waals surface area contributed by atoms with E-state index in [-0.39, 0.29) is 6.61 Å². The molecule has 0 saturated heterocycles.